The van der Waals surface area contributed by atoms with Crippen LogP contribution in [-0.2, 0) is 40.4 Å². The van der Waals surface area contributed by atoms with Crippen molar-refractivity contribution in [1.29, 1.82) is 0 Å². The van der Waals surface area contributed by atoms with Crippen molar-refractivity contribution < 1.29 is 28.6 Å². The quantitative estimate of drug-likeness (QED) is 0.367. The van der Waals surface area contributed by atoms with Gasteiger partial charge >= 0.3 is 17.9 Å². The van der Waals surface area contributed by atoms with Crippen molar-refractivity contribution >= 4 is 23.6 Å². The molecule has 31 heavy (non-hydrogen) atoms. The Bertz CT molecular complexity index is 1000. The van der Waals surface area contributed by atoms with Crippen molar-refractivity contribution in [2.75, 3.05) is 19.8 Å². The summed E-state index contributed by atoms with van der Waals surface area (Å²) in [4.78, 5) is 40.2. The highest BCUT2D eigenvalue weighted by Crippen LogP contribution is 2.48. The van der Waals surface area contributed by atoms with Crippen molar-refractivity contribution in [3.8, 4) is 0 Å². The highest BCUT2D eigenvalue weighted by atomic mass is 16.6. The van der Waals surface area contributed by atoms with Crippen molar-refractivity contribution in [3.63, 3.8) is 0 Å². The van der Waals surface area contributed by atoms with E-state index < -0.39 is 23.3 Å². The maximum atomic E-state index is 13.5. The standard InChI is InChI=1S/C24H27NO6/c1-5-17-14-15-18-24(22(27)30-7-3,23(28)31-8-4)19(21(26)29-6-2)20(25(17)18)16-12-10-9-11-13-16/h9-15H,5-8H2,1-4H3. The molecule has 2 heterocycles. The first-order valence-corrected chi connectivity index (χ1v) is 10.5. The summed E-state index contributed by atoms with van der Waals surface area (Å²) in [5.41, 5.74) is 0.110. The molecule has 0 N–H and O–H groups in total. The monoisotopic (exact) mass is 425 g/mol. The van der Waals surface area contributed by atoms with Gasteiger partial charge in [-0.3, -0.25) is 9.59 Å². The lowest BCUT2D eigenvalue weighted by Gasteiger charge is -2.26. The number of ether oxygens (including phenoxy) is 3. The van der Waals surface area contributed by atoms with Crippen molar-refractivity contribution in [1.82, 2.24) is 4.57 Å². The highest BCUT2D eigenvalue weighted by Gasteiger charge is 2.63. The van der Waals surface area contributed by atoms with E-state index in [4.69, 9.17) is 14.2 Å². The molecule has 1 aromatic carbocycles. The van der Waals surface area contributed by atoms with Crippen LogP contribution in [0.2, 0.25) is 0 Å². The van der Waals surface area contributed by atoms with E-state index in [-0.39, 0.29) is 25.4 Å². The lowest BCUT2D eigenvalue weighted by atomic mass is 9.77. The number of esters is 3. The molecule has 2 aromatic rings. The first-order valence-electron chi connectivity index (χ1n) is 10.5. The van der Waals surface area contributed by atoms with E-state index in [1.165, 1.54) is 0 Å². The first kappa shape index (κ1) is 22.3. The van der Waals surface area contributed by atoms with Gasteiger partial charge < -0.3 is 18.8 Å². The summed E-state index contributed by atoms with van der Waals surface area (Å²) in [6, 6.07) is 12.7. The molecule has 0 bridgehead atoms. The van der Waals surface area contributed by atoms with Gasteiger partial charge in [-0.25, -0.2) is 4.79 Å². The Hall–Kier alpha value is -3.35. The number of fused-ring (bicyclic) bond motifs is 1. The predicted molar refractivity (Wildman–Crippen MR) is 114 cm³/mol. The van der Waals surface area contributed by atoms with Crippen LogP contribution in [0.3, 0.4) is 0 Å². The van der Waals surface area contributed by atoms with Gasteiger partial charge in [0.15, 0.2) is 0 Å². The molecule has 1 aromatic heterocycles. The van der Waals surface area contributed by atoms with Crippen LogP contribution in [0, 0.1) is 0 Å². The molecule has 1 aliphatic heterocycles. The third-order valence-corrected chi connectivity index (χ3v) is 5.23. The van der Waals surface area contributed by atoms with Gasteiger partial charge in [0.1, 0.15) is 0 Å². The number of carbonyl (C=O) groups excluding carboxylic acids is 3. The second-order valence-corrected chi connectivity index (χ2v) is 6.90. The molecule has 0 radical (unpaired) electrons. The predicted octanol–water partition coefficient (Wildman–Crippen LogP) is 3.25. The van der Waals surface area contributed by atoms with Crippen LogP contribution in [0.25, 0.3) is 5.70 Å². The Kier molecular flexibility index (Phi) is 6.63. The molecular formula is C24H27NO6. The Morgan fingerprint density at radius 1 is 0.806 bits per heavy atom. The van der Waals surface area contributed by atoms with E-state index in [1.54, 1.807) is 31.4 Å². The lowest BCUT2D eigenvalue weighted by Crippen LogP contribution is -2.48. The Morgan fingerprint density at radius 2 is 1.39 bits per heavy atom. The second kappa shape index (κ2) is 9.20. The molecule has 0 unspecified atom stereocenters. The SMILES string of the molecule is CCOC(=O)C1=C(c2ccccc2)n2c(CC)ccc2C1(C(=O)OCC)C(=O)OCC. The van der Waals surface area contributed by atoms with Crippen LogP contribution in [0.5, 0.6) is 0 Å². The molecule has 0 saturated heterocycles. The average molecular weight is 425 g/mol. The summed E-state index contributed by atoms with van der Waals surface area (Å²) in [7, 11) is 0. The van der Waals surface area contributed by atoms with Crippen molar-refractivity contribution in [3.05, 3.63) is 65.0 Å². The van der Waals surface area contributed by atoms with E-state index in [0.29, 0.717) is 23.4 Å². The van der Waals surface area contributed by atoms with Crippen LogP contribution in [0.4, 0.5) is 0 Å². The average Bonchev–Trinajstić information content (AvgIpc) is 3.31. The number of aryl methyl sites for hydroxylation is 1. The topological polar surface area (TPSA) is 83.8 Å². The van der Waals surface area contributed by atoms with Crippen LogP contribution < -0.4 is 0 Å². The molecule has 3 rings (SSSR count). The first-order chi connectivity index (χ1) is 15.0. The van der Waals surface area contributed by atoms with Gasteiger partial charge in [-0.05, 0) is 44.9 Å². The van der Waals surface area contributed by atoms with E-state index >= 15 is 0 Å². The van der Waals surface area contributed by atoms with Crippen LogP contribution in [-0.4, -0.2) is 42.3 Å². The molecule has 0 fully saturated rings. The van der Waals surface area contributed by atoms with Gasteiger partial charge in [-0.15, -0.1) is 0 Å². The van der Waals surface area contributed by atoms with Gasteiger partial charge in [0.05, 0.1) is 36.8 Å². The molecule has 1 aliphatic rings. The molecule has 7 nitrogen and oxygen atoms in total. The van der Waals surface area contributed by atoms with Crippen molar-refractivity contribution in [2.24, 2.45) is 0 Å². The number of benzene rings is 1. The largest absolute Gasteiger partial charge is 0.465 e. The lowest BCUT2D eigenvalue weighted by molar-refractivity contribution is -0.164. The molecule has 7 heteroatoms. The molecule has 0 aliphatic carbocycles. The van der Waals surface area contributed by atoms with E-state index in [1.807, 2.05) is 43.3 Å². The summed E-state index contributed by atoms with van der Waals surface area (Å²) in [6.45, 7) is 7.09. The minimum Gasteiger partial charge on any atom is -0.465 e. The minimum atomic E-state index is -2.07. The Labute approximate surface area is 181 Å². The second-order valence-electron chi connectivity index (χ2n) is 6.90. The summed E-state index contributed by atoms with van der Waals surface area (Å²) in [5, 5.41) is 0. The number of nitrogens with zero attached hydrogens (tertiary/aromatic N) is 1. The van der Waals surface area contributed by atoms with E-state index in [2.05, 4.69) is 0 Å². The summed E-state index contributed by atoms with van der Waals surface area (Å²) < 4.78 is 17.8. The van der Waals surface area contributed by atoms with Gasteiger partial charge in [0.2, 0.25) is 5.41 Å². The fourth-order valence-corrected chi connectivity index (χ4v) is 4.03. The van der Waals surface area contributed by atoms with Gasteiger partial charge in [0, 0.05) is 5.69 Å². The van der Waals surface area contributed by atoms with Gasteiger partial charge in [0.25, 0.3) is 0 Å². The van der Waals surface area contributed by atoms with E-state index in [0.717, 1.165) is 5.69 Å². The van der Waals surface area contributed by atoms with Crippen molar-refractivity contribution in [2.45, 2.75) is 39.5 Å². The Morgan fingerprint density at radius 3 is 1.90 bits per heavy atom. The van der Waals surface area contributed by atoms with E-state index in [9.17, 15) is 14.4 Å². The fraction of sp³-hybridized carbons (Fsp3) is 0.375. The molecule has 0 spiro atoms. The summed E-state index contributed by atoms with van der Waals surface area (Å²) >= 11 is 0. The maximum absolute atomic E-state index is 13.5. The van der Waals surface area contributed by atoms with Gasteiger partial charge in [-0.1, -0.05) is 37.3 Å². The number of hydrogen-bond donors (Lipinski definition) is 0. The summed E-state index contributed by atoms with van der Waals surface area (Å²) in [5.74, 6) is -2.47. The van der Waals surface area contributed by atoms with Crippen LogP contribution in [0.15, 0.2) is 48.0 Å². The minimum absolute atomic E-state index is 0.0398. The van der Waals surface area contributed by atoms with Crippen LogP contribution in [0.1, 0.15) is 44.6 Å². The summed E-state index contributed by atoms with van der Waals surface area (Å²) in [6.07, 6.45) is 0.619. The number of hydrogen-bond acceptors (Lipinski definition) is 6. The number of carbonyl (C=O) groups is 3. The van der Waals surface area contributed by atoms with Crippen LogP contribution >= 0.6 is 0 Å². The number of aromatic nitrogens is 1. The highest BCUT2D eigenvalue weighted by molar-refractivity contribution is 6.21. The normalized spacial score (nSPS) is 14.2. The zero-order chi connectivity index (χ0) is 22.6. The zero-order valence-electron chi connectivity index (χ0n) is 18.3. The van der Waals surface area contributed by atoms with Gasteiger partial charge in [-0.2, -0.15) is 0 Å². The molecule has 0 amide bonds. The maximum Gasteiger partial charge on any atom is 0.338 e. The third-order valence-electron chi connectivity index (χ3n) is 5.23. The Balaban J connectivity index is 2.49. The molecule has 0 atom stereocenters. The third kappa shape index (κ3) is 3.44. The molecular weight excluding hydrogens is 398 g/mol. The zero-order valence-corrected chi connectivity index (χ0v) is 18.3. The number of rotatable bonds is 8. The molecule has 0 saturated carbocycles. The fourth-order valence-electron chi connectivity index (χ4n) is 4.03. The smallest absolute Gasteiger partial charge is 0.338 e. The molecule has 164 valence electrons.